The summed E-state index contributed by atoms with van der Waals surface area (Å²) in [5.41, 5.74) is 0.970. The Labute approximate surface area is 67.8 Å². The molecule has 0 unspecified atom stereocenters. The number of fused-ring (bicyclic) bond motifs is 1. The Bertz CT molecular complexity index is 438. The molecule has 0 radical (unpaired) electrons. The molecule has 2 N–H and O–H groups in total. The first-order valence-corrected chi connectivity index (χ1v) is 3.50. The van der Waals surface area contributed by atoms with E-state index in [1.165, 1.54) is 6.92 Å². The van der Waals surface area contributed by atoms with Gasteiger partial charge in [-0.2, -0.15) is 0 Å². The molecular weight excluding hydrogens is 158 g/mol. The van der Waals surface area contributed by atoms with E-state index < -0.39 is 0 Å². The van der Waals surface area contributed by atoms with Crippen molar-refractivity contribution in [2.45, 2.75) is 6.92 Å². The van der Waals surface area contributed by atoms with Crippen LogP contribution in [-0.4, -0.2) is 15.9 Å². The fourth-order valence-electron chi connectivity index (χ4n) is 1.14. The van der Waals surface area contributed by atoms with E-state index in [0.29, 0.717) is 11.1 Å². The van der Waals surface area contributed by atoms with E-state index in [4.69, 9.17) is 4.42 Å². The molecule has 0 saturated heterocycles. The Morgan fingerprint density at radius 2 is 2.42 bits per heavy atom. The van der Waals surface area contributed by atoms with Gasteiger partial charge in [0.25, 0.3) is 0 Å². The minimum atomic E-state index is -0.280. The van der Waals surface area contributed by atoms with Gasteiger partial charge >= 0.3 is 0 Å². The fourth-order valence-corrected chi connectivity index (χ4v) is 1.14. The van der Waals surface area contributed by atoms with Crippen molar-refractivity contribution >= 4 is 16.9 Å². The second-order valence-electron chi connectivity index (χ2n) is 2.55. The lowest BCUT2D eigenvalue weighted by atomic mass is 10.3. The van der Waals surface area contributed by atoms with Gasteiger partial charge in [-0.1, -0.05) is 0 Å². The zero-order valence-corrected chi connectivity index (χ0v) is 6.42. The Kier molecular flexibility index (Phi) is 1.24. The maximum atomic E-state index is 10.9. The third-order valence-corrected chi connectivity index (χ3v) is 1.69. The van der Waals surface area contributed by atoms with E-state index in [0.717, 1.165) is 0 Å². The molecule has 2 heterocycles. The van der Waals surface area contributed by atoms with Crippen molar-refractivity contribution < 1.29 is 14.3 Å². The topological polar surface area (TPSA) is 66.2 Å². The zero-order valence-electron chi connectivity index (χ0n) is 6.42. The van der Waals surface area contributed by atoms with Gasteiger partial charge in [-0.05, 0) is 6.07 Å². The second kappa shape index (κ2) is 2.14. The smallest absolute Gasteiger partial charge is 0.213 e. The van der Waals surface area contributed by atoms with Crippen LogP contribution in [0.5, 0.6) is 5.75 Å². The predicted molar refractivity (Wildman–Crippen MR) is 42.2 cm³/mol. The molecule has 0 aliphatic heterocycles. The average molecular weight is 165 g/mol. The Morgan fingerprint density at radius 1 is 1.67 bits per heavy atom. The fraction of sp³-hybridized carbons (Fsp3) is 0.125. The summed E-state index contributed by atoms with van der Waals surface area (Å²) in [5, 5.41) is 9.40. The third kappa shape index (κ3) is 0.747. The summed E-state index contributed by atoms with van der Waals surface area (Å²) in [6, 6.07) is 1.65. The van der Waals surface area contributed by atoms with Crippen LogP contribution in [0.4, 0.5) is 0 Å². The van der Waals surface area contributed by atoms with Crippen LogP contribution in [0.15, 0.2) is 16.7 Å². The molecule has 0 aliphatic carbocycles. The van der Waals surface area contributed by atoms with E-state index in [2.05, 4.69) is 4.98 Å². The van der Waals surface area contributed by atoms with Crippen LogP contribution >= 0.6 is 0 Å². The standard InChI is InChI=1S/C8H7NO3/c1-4(10)8-7(11)6-5(12-8)2-3-9-6/h2-3,9,11H,1H3. The molecule has 4 heteroatoms. The number of hydrogen-bond acceptors (Lipinski definition) is 3. The van der Waals surface area contributed by atoms with Crippen molar-refractivity contribution in [3.05, 3.63) is 18.0 Å². The first-order valence-electron chi connectivity index (χ1n) is 3.50. The molecule has 0 amide bonds. The first-order chi connectivity index (χ1) is 5.70. The molecule has 0 spiro atoms. The highest BCUT2D eigenvalue weighted by Crippen LogP contribution is 2.30. The van der Waals surface area contributed by atoms with Crippen molar-refractivity contribution in [2.24, 2.45) is 0 Å². The quantitative estimate of drug-likeness (QED) is 0.631. The van der Waals surface area contributed by atoms with E-state index in [9.17, 15) is 9.90 Å². The number of hydrogen-bond donors (Lipinski definition) is 2. The van der Waals surface area contributed by atoms with Crippen molar-refractivity contribution in [2.75, 3.05) is 0 Å². The summed E-state index contributed by atoms with van der Waals surface area (Å²) in [6.07, 6.45) is 1.64. The van der Waals surface area contributed by atoms with E-state index in [-0.39, 0.29) is 17.3 Å². The van der Waals surface area contributed by atoms with Crippen molar-refractivity contribution in [1.29, 1.82) is 0 Å². The molecular formula is C8H7NO3. The van der Waals surface area contributed by atoms with Crippen LogP contribution in [-0.2, 0) is 0 Å². The number of ketones is 1. The minimum absolute atomic E-state index is 0.0110. The maximum absolute atomic E-state index is 10.9. The maximum Gasteiger partial charge on any atom is 0.213 e. The molecule has 0 aromatic carbocycles. The van der Waals surface area contributed by atoms with Crippen LogP contribution in [0.25, 0.3) is 11.1 Å². The molecule has 0 aliphatic rings. The number of H-pyrrole nitrogens is 1. The molecule has 0 atom stereocenters. The number of carbonyl (C=O) groups is 1. The molecule has 0 saturated carbocycles. The molecule has 2 rings (SSSR count). The lowest BCUT2D eigenvalue weighted by Gasteiger charge is -1.87. The first kappa shape index (κ1) is 6.97. The van der Waals surface area contributed by atoms with Gasteiger partial charge in [0.15, 0.2) is 17.1 Å². The average Bonchev–Trinajstić information content (AvgIpc) is 2.53. The number of rotatable bonds is 1. The highest BCUT2D eigenvalue weighted by Gasteiger charge is 2.16. The highest BCUT2D eigenvalue weighted by atomic mass is 16.4. The third-order valence-electron chi connectivity index (χ3n) is 1.69. The van der Waals surface area contributed by atoms with Gasteiger partial charge in [-0.25, -0.2) is 0 Å². The molecule has 62 valence electrons. The number of furan rings is 1. The van der Waals surface area contributed by atoms with Gasteiger partial charge in [0.05, 0.1) is 0 Å². The predicted octanol–water partition coefficient (Wildman–Crippen LogP) is 1.67. The molecule has 4 nitrogen and oxygen atoms in total. The van der Waals surface area contributed by atoms with E-state index >= 15 is 0 Å². The van der Waals surface area contributed by atoms with Crippen LogP contribution in [0.2, 0.25) is 0 Å². The van der Waals surface area contributed by atoms with E-state index in [1.54, 1.807) is 12.3 Å². The molecule has 0 bridgehead atoms. The van der Waals surface area contributed by atoms with E-state index in [1.807, 2.05) is 0 Å². The number of nitrogens with one attached hydrogen (secondary N) is 1. The Hall–Kier alpha value is -1.71. The summed E-state index contributed by atoms with van der Waals surface area (Å²) in [5.74, 6) is -0.378. The van der Waals surface area contributed by atoms with Gasteiger partial charge in [0, 0.05) is 13.1 Å². The van der Waals surface area contributed by atoms with Crippen LogP contribution in [0.1, 0.15) is 17.5 Å². The summed E-state index contributed by atoms with van der Waals surface area (Å²) in [4.78, 5) is 13.6. The lowest BCUT2D eigenvalue weighted by molar-refractivity contribution is 0.0985. The number of aromatic nitrogens is 1. The van der Waals surface area contributed by atoms with Gasteiger partial charge in [0.1, 0.15) is 5.52 Å². The van der Waals surface area contributed by atoms with Crippen molar-refractivity contribution in [3.8, 4) is 5.75 Å². The lowest BCUT2D eigenvalue weighted by Crippen LogP contribution is -1.87. The monoisotopic (exact) mass is 165 g/mol. The molecule has 12 heavy (non-hydrogen) atoms. The van der Waals surface area contributed by atoms with Crippen LogP contribution < -0.4 is 0 Å². The summed E-state index contributed by atoms with van der Waals surface area (Å²) < 4.78 is 5.07. The SMILES string of the molecule is CC(=O)c1oc2cc[nH]c2c1O. The summed E-state index contributed by atoms with van der Waals surface area (Å²) in [6.45, 7) is 1.34. The van der Waals surface area contributed by atoms with Crippen LogP contribution in [0, 0.1) is 0 Å². The summed E-state index contributed by atoms with van der Waals surface area (Å²) >= 11 is 0. The molecule has 0 fully saturated rings. The number of aromatic hydroxyl groups is 1. The highest BCUT2D eigenvalue weighted by molar-refractivity contribution is 6.00. The Balaban J connectivity index is 2.78. The number of Topliss-reactive ketones (excluding diaryl/α,β-unsaturated/α-hetero) is 1. The van der Waals surface area contributed by atoms with Gasteiger partial charge in [-0.15, -0.1) is 0 Å². The largest absolute Gasteiger partial charge is 0.503 e. The number of carbonyl (C=O) groups excluding carboxylic acids is 1. The van der Waals surface area contributed by atoms with Crippen molar-refractivity contribution in [1.82, 2.24) is 4.98 Å². The van der Waals surface area contributed by atoms with Gasteiger partial charge in [0.2, 0.25) is 5.76 Å². The molecule has 2 aromatic rings. The minimum Gasteiger partial charge on any atom is -0.503 e. The van der Waals surface area contributed by atoms with Crippen LogP contribution in [0.3, 0.4) is 0 Å². The summed E-state index contributed by atoms with van der Waals surface area (Å²) in [7, 11) is 0. The number of aromatic amines is 1. The normalized spacial score (nSPS) is 10.8. The second-order valence-corrected chi connectivity index (χ2v) is 2.55. The Morgan fingerprint density at radius 3 is 3.00 bits per heavy atom. The van der Waals surface area contributed by atoms with Gasteiger partial charge < -0.3 is 14.5 Å². The zero-order chi connectivity index (χ0) is 8.72. The molecule has 2 aromatic heterocycles. The van der Waals surface area contributed by atoms with Crippen molar-refractivity contribution in [3.63, 3.8) is 0 Å². The van der Waals surface area contributed by atoms with Gasteiger partial charge in [-0.3, -0.25) is 4.79 Å².